The van der Waals surface area contributed by atoms with Crippen molar-refractivity contribution in [2.75, 3.05) is 20.2 Å². The molecule has 0 spiro atoms. The van der Waals surface area contributed by atoms with E-state index in [0.29, 0.717) is 25.5 Å². The number of likely N-dealkylation sites (N-methyl/N-ethyl adjacent to an activating group) is 1. The van der Waals surface area contributed by atoms with E-state index >= 15 is 0 Å². The van der Waals surface area contributed by atoms with Gasteiger partial charge in [0.1, 0.15) is 11.3 Å². The first-order valence-electron chi connectivity index (χ1n) is 13.2. The molecule has 1 fully saturated rings. The molecule has 6 nitrogen and oxygen atoms in total. The van der Waals surface area contributed by atoms with E-state index in [2.05, 4.69) is 0 Å². The van der Waals surface area contributed by atoms with Gasteiger partial charge >= 0.3 is 18.4 Å². The molecule has 1 aromatic rings. The van der Waals surface area contributed by atoms with Crippen LogP contribution in [0, 0.1) is 0 Å². The van der Waals surface area contributed by atoms with Crippen molar-refractivity contribution in [3.05, 3.63) is 29.3 Å². The van der Waals surface area contributed by atoms with Crippen LogP contribution in [-0.4, -0.2) is 64.9 Å². The third-order valence-electron chi connectivity index (χ3n) is 7.23. The monoisotopic (exact) mass is 568 g/mol. The number of aliphatic hydroxyl groups is 1. The Kier molecular flexibility index (Phi) is 10.7. The maximum absolute atomic E-state index is 13.2. The van der Waals surface area contributed by atoms with Crippen molar-refractivity contribution in [3.63, 3.8) is 0 Å². The van der Waals surface area contributed by atoms with Crippen LogP contribution in [0.25, 0.3) is 0 Å². The highest BCUT2D eigenvalue weighted by molar-refractivity contribution is 6.06. The predicted octanol–water partition coefficient (Wildman–Crippen LogP) is 6.73. The Balaban J connectivity index is 1.77. The van der Waals surface area contributed by atoms with Crippen LogP contribution in [0.4, 0.5) is 31.1 Å². The molecule has 3 amide bonds. The molecule has 0 bridgehead atoms. The molecule has 0 aromatic heterocycles. The summed E-state index contributed by atoms with van der Waals surface area (Å²) < 4.78 is 85.1. The number of ether oxygens (including phenoxy) is 1. The maximum atomic E-state index is 13.2. The number of aryl methyl sites for hydroxylation is 1. The van der Waals surface area contributed by atoms with Crippen molar-refractivity contribution in [2.45, 2.75) is 102 Å². The Morgan fingerprint density at radius 2 is 1.44 bits per heavy atom. The number of urea groups is 1. The van der Waals surface area contributed by atoms with E-state index in [0.717, 1.165) is 50.7 Å². The molecule has 1 saturated heterocycles. The highest BCUT2D eigenvalue weighted by Gasteiger charge is 2.71. The zero-order valence-electron chi connectivity index (χ0n) is 22.8. The Morgan fingerprint density at radius 3 is 1.92 bits per heavy atom. The topological polar surface area (TPSA) is 70.1 Å². The molecule has 0 saturated carbocycles. The summed E-state index contributed by atoms with van der Waals surface area (Å²) in [5, 5.41) is 9.67. The fourth-order valence-electron chi connectivity index (χ4n) is 4.51. The van der Waals surface area contributed by atoms with Crippen LogP contribution in [0.3, 0.4) is 0 Å². The largest absolute Gasteiger partial charge is 0.493 e. The molecule has 1 N–H and O–H groups in total. The van der Waals surface area contributed by atoms with Crippen molar-refractivity contribution < 1.29 is 45.8 Å². The minimum atomic E-state index is -5.94. The number of hydrogen-bond acceptors (Lipinski definition) is 4. The van der Waals surface area contributed by atoms with E-state index in [1.54, 1.807) is 27.8 Å². The zero-order chi connectivity index (χ0) is 29.6. The number of nitrogens with zero attached hydrogens (tertiary/aromatic N) is 2. The SMILES string of the molecule is CCCc1cc(C(O)(C(F)(F)F)C(F)(F)F)ccc1OCCCCCCCCCN1C(=O)N(C)C(C)(C)C1=O. The second-order valence-corrected chi connectivity index (χ2v) is 10.5. The number of carbonyl (C=O) groups excluding carboxylic acids is 2. The van der Waals surface area contributed by atoms with Crippen LogP contribution >= 0.6 is 0 Å². The molecule has 0 radical (unpaired) electrons. The lowest BCUT2D eigenvalue weighted by Crippen LogP contribution is -2.53. The van der Waals surface area contributed by atoms with Crippen LogP contribution in [0.2, 0.25) is 0 Å². The standard InChI is InChI=1S/C27H38F6N2O4/c1-5-13-19-18-20(25(38,26(28,29)30)27(31,32)33)14-15-21(19)39-17-12-10-8-6-7-9-11-16-35-22(36)24(2,3)34(4)23(35)37/h14-15,18,38H,5-13,16-17H2,1-4H3. The third-order valence-corrected chi connectivity index (χ3v) is 7.23. The minimum absolute atomic E-state index is 0.173. The van der Waals surface area contributed by atoms with E-state index in [-0.39, 0.29) is 36.3 Å². The Labute approximate surface area is 225 Å². The van der Waals surface area contributed by atoms with Gasteiger partial charge in [-0.2, -0.15) is 26.3 Å². The number of imide groups is 1. The Morgan fingerprint density at radius 1 is 0.897 bits per heavy atom. The second kappa shape index (κ2) is 12.8. The van der Waals surface area contributed by atoms with Crippen molar-refractivity contribution in [3.8, 4) is 5.75 Å². The molecule has 0 aliphatic carbocycles. The number of amides is 3. The minimum Gasteiger partial charge on any atom is -0.493 e. The third kappa shape index (κ3) is 7.18. The molecule has 222 valence electrons. The van der Waals surface area contributed by atoms with Crippen molar-refractivity contribution in [2.24, 2.45) is 0 Å². The van der Waals surface area contributed by atoms with E-state index in [1.165, 1.54) is 9.80 Å². The highest BCUT2D eigenvalue weighted by atomic mass is 19.4. The number of carbonyl (C=O) groups is 2. The van der Waals surface area contributed by atoms with Gasteiger partial charge in [0.2, 0.25) is 0 Å². The molecule has 1 aliphatic heterocycles. The highest BCUT2D eigenvalue weighted by Crippen LogP contribution is 2.50. The summed E-state index contributed by atoms with van der Waals surface area (Å²) >= 11 is 0. The van der Waals surface area contributed by atoms with Crippen LogP contribution in [-0.2, 0) is 16.8 Å². The molecule has 0 unspecified atom stereocenters. The summed E-state index contributed by atoms with van der Waals surface area (Å²) in [6.45, 7) is 5.81. The van der Waals surface area contributed by atoms with Gasteiger partial charge < -0.3 is 14.7 Å². The summed E-state index contributed by atoms with van der Waals surface area (Å²) in [7, 11) is 1.62. The first kappa shape index (κ1) is 32.7. The fourth-order valence-corrected chi connectivity index (χ4v) is 4.51. The summed E-state index contributed by atoms with van der Waals surface area (Å²) in [5.74, 6) is 0.00949. The van der Waals surface area contributed by atoms with Crippen LogP contribution in [0.1, 0.15) is 83.3 Å². The second-order valence-electron chi connectivity index (χ2n) is 10.5. The van der Waals surface area contributed by atoms with Crippen LogP contribution in [0.15, 0.2) is 18.2 Å². The molecular weight excluding hydrogens is 530 g/mol. The Hall–Kier alpha value is -2.50. The lowest BCUT2D eigenvalue weighted by Gasteiger charge is -2.33. The molecule has 1 heterocycles. The van der Waals surface area contributed by atoms with Crippen molar-refractivity contribution in [1.82, 2.24) is 9.80 Å². The van der Waals surface area contributed by atoms with Gasteiger partial charge in [-0.3, -0.25) is 9.69 Å². The normalized spacial score (nSPS) is 16.4. The van der Waals surface area contributed by atoms with E-state index in [4.69, 9.17) is 4.74 Å². The van der Waals surface area contributed by atoms with Crippen LogP contribution < -0.4 is 4.74 Å². The molecule has 39 heavy (non-hydrogen) atoms. The molecule has 1 aromatic carbocycles. The van der Waals surface area contributed by atoms with Crippen molar-refractivity contribution >= 4 is 11.9 Å². The summed E-state index contributed by atoms with van der Waals surface area (Å²) in [4.78, 5) is 27.3. The molecular formula is C27H38F6N2O4. The van der Waals surface area contributed by atoms with Gasteiger partial charge in [-0.25, -0.2) is 4.79 Å². The Bertz CT molecular complexity index is 979. The van der Waals surface area contributed by atoms with Crippen molar-refractivity contribution in [1.29, 1.82) is 0 Å². The lowest BCUT2D eigenvalue weighted by molar-refractivity contribution is -0.376. The van der Waals surface area contributed by atoms with E-state index < -0.39 is 29.1 Å². The molecule has 1 aliphatic rings. The first-order chi connectivity index (χ1) is 18.0. The number of halogens is 6. The van der Waals surface area contributed by atoms with Gasteiger partial charge in [-0.05, 0) is 50.8 Å². The lowest BCUT2D eigenvalue weighted by atomic mass is 9.90. The molecule has 2 rings (SSSR count). The summed E-state index contributed by atoms with van der Waals surface area (Å²) in [6.07, 6.45) is -5.37. The van der Waals surface area contributed by atoms with Crippen LogP contribution in [0.5, 0.6) is 5.75 Å². The van der Waals surface area contributed by atoms with Gasteiger partial charge in [0.15, 0.2) is 0 Å². The average Bonchev–Trinajstić information content (AvgIpc) is 2.98. The number of alkyl halides is 6. The van der Waals surface area contributed by atoms with Gasteiger partial charge in [0.05, 0.1) is 6.61 Å². The fraction of sp³-hybridized carbons (Fsp3) is 0.704. The number of rotatable bonds is 14. The summed E-state index contributed by atoms with van der Waals surface area (Å²) in [5.41, 5.74) is -6.90. The van der Waals surface area contributed by atoms with E-state index in [1.807, 2.05) is 0 Å². The number of hydrogen-bond donors (Lipinski definition) is 1. The zero-order valence-corrected chi connectivity index (χ0v) is 22.8. The summed E-state index contributed by atoms with van der Waals surface area (Å²) in [6, 6.07) is 2.11. The average molecular weight is 569 g/mol. The number of unbranched alkanes of at least 4 members (excludes halogenated alkanes) is 6. The molecule has 0 atom stereocenters. The molecule has 12 heteroatoms. The maximum Gasteiger partial charge on any atom is 0.430 e. The van der Waals surface area contributed by atoms with Gasteiger partial charge in [0, 0.05) is 19.2 Å². The predicted molar refractivity (Wildman–Crippen MR) is 133 cm³/mol. The van der Waals surface area contributed by atoms with Gasteiger partial charge in [-0.1, -0.05) is 51.5 Å². The van der Waals surface area contributed by atoms with E-state index in [9.17, 15) is 41.0 Å². The first-order valence-corrected chi connectivity index (χ1v) is 13.2. The smallest absolute Gasteiger partial charge is 0.430 e. The van der Waals surface area contributed by atoms with Gasteiger partial charge in [-0.15, -0.1) is 0 Å². The number of benzene rings is 1. The van der Waals surface area contributed by atoms with Gasteiger partial charge in [0.25, 0.3) is 11.5 Å². The quantitative estimate of drug-likeness (QED) is 0.153.